The van der Waals surface area contributed by atoms with Crippen LogP contribution in [0.15, 0.2) is 18.5 Å². The zero-order valence-corrected chi connectivity index (χ0v) is 8.65. The van der Waals surface area contributed by atoms with E-state index in [1.165, 1.54) is 25.7 Å². The SMILES string of the molecule is CC1CCC(n2ccc(C=O)c2)CC1. The lowest BCUT2D eigenvalue weighted by atomic mass is 9.87. The van der Waals surface area contributed by atoms with Gasteiger partial charge >= 0.3 is 0 Å². The summed E-state index contributed by atoms with van der Waals surface area (Å²) < 4.78 is 2.20. The molecule has 1 heterocycles. The highest BCUT2D eigenvalue weighted by Crippen LogP contribution is 2.31. The molecule has 1 aliphatic carbocycles. The van der Waals surface area contributed by atoms with E-state index < -0.39 is 0 Å². The van der Waals surface area contributed by atoms with E-state index in [2.05, 4.69) is 11.5 Å². The van der Waals surface area contributed by atoms with Crippen LogP contribution in [-0.4, -0.2) is 10.9 Å². The molecule has 0 radical (unpaired) electrons. The molecule has 0 N–H and O–H groups in total. The van der Waals surface area contributed by atoms with Gasteiger partial charge < -0.3 is 4.57 Å². The van der Waals surface area contributed by atoms with Crippen LogP contribution in [0.5, 0.6) is 0 Å². The topological polar surface area (TPSA) is 22.0 Å². The molecule has 1 aromatic rings. The average molecular weight is 191 g/mol. The van der Waals surface area contributed by atoms with Gasteiger partial charge in [0.05, 0.1) is 0 Å². The summed E-state index contributed by atoms with van der Waals surface area (Å²) >= 11 is 0. The minimum atomic E-state index is 0.625. The summed E-state index contributed by atoms with van der Waals surface area (Å²) in [6.07, 6.45) is 10.1. The van der Waals surface area contributed by atoms with E-state index in [9.17, 15) is 4.79 Å². The van der Waals surface area contributed by atoms with Crippen molar-refractivity contribution in [2.75, 3.05) is 0 Å². The van der Waals surface area contributed by atoms with Crippen LogP contribution in [0.4, 0.5) is 0 Å². The van der Waals surface area contributed by atoms with Gasteiger partial charge in [0.25, 0.3) is 0 Å². The number of hydrogen-bond donors (Lipinski definition) is 0. The Morgan fingerprint density at radius 2 is 2.07 bits per heavy atom. The van der Waals surface area contributed by atoms with Crippen molar-refractivity contribution in [2.45, 2.75) is 38.6 Å². The van der Waals surface area contributed by atoms with Crippen LogP contribution < -0.4 is 0 Å². The number of aldehydes is 1. The summed E-state index contributed by atoms with van der Waals surface area (Å²) in [6, 6.07) is 2.52. The van der Waals surface area contributed by atoms with Gasteiger partial charge in [-0.1, -0.05) is 6.92 Å². The predicted octanol–water partition coefficient (Wildman–Crippen LogP) is 3.05. The van der Waals surface area contributed by atoms with Gasteiger partial charge in [-0.2, -0.15) is 0 Å². The second kappa shape index (κ2) is 3.99. The molecule has 0 aromatic carbocycles. The first kappa shape index (κ1) is 9.50. The van der Waals surface area contributed by atoms with Crippen LogP contribution in [0.1, 0.15) is 49.0 Å². The second-order valence-corrected chi connectivity index (χ2v) is 4.42. The number of carbonyl (C=O) groups is 1. The van der Waals surface area contributed by atoms with Gasteiger partial charge in [0, 0.05) is 24.0 Å². The van der Waals surface area contributed by atoms with Crippen LogP contribution in [-0.2, 0) is 0 Å². The van der Waals surface area contributed by atoms with Crippen LogP contribution in [0.2, 0.25) is 0 Å². The molecule has 0 atom stereocenters. The van der Waals surface area contributed by atoms with E-state index in [1.807, 2.05) is 18.5 Å². The molecule has 14 heavy (non-hydrogen) atoms. The van der Waals surface area contributed by atoms with Gasteiger partial charge in [0.1, 0.15) is 0 Å². The Morgan fingerprint density at radius 3 is 2.64 bits per heavy atom. The van der Waals surface area contributed by atoms with Gasteiger partial charge in [-0.3, -0.25) is 4.79 Å². The molecule has 2 nitrogen and oxygen atoms in total. The van der Waals surface area contributed by atoms with Gasteiger partial charge in [0.15, 0.2) is 6.29 Å². The van der Waals surface area contributed by atoms with Crippen LogP contribution >= 0.6 is 0 Å². The van der Waals surface area contributed by atoms with E-state index in [-0.39, 0.29) is 0 Å². The maximum atomic E-state index is 10.5. The second-order valence-electron chi connectivity index (χ2n) is 4.42. The maximum absolute atomic E-state index is 10.5. The van der Waals surface area contributed by atoms with Crippen LogP contribution in [0.25, 0.3) is 0 Å². The minimum absolute atomic E-state index is 0.625. The number of aromatic nitrogens is 1. The van der Waals surface area contributed by atoms with Gasteiger partial charge in [0.2, 0.25) is 0 Å². The number of rotatable bonds is 2. The summed E-state index contributed by atoms with van der Waals surface area (Å²) in [4.78, 5) is 10.5. The molecule has 2 heteroatoms. The minimum Gasteiger partial charge on any atom is -0.351 e. The standard InChI is InChI=1S/C12H17NO/c1-10-2-4-12(5-3-10)13-7-6-11(8-13)9-14/h6-10,12H,2-5H2,1H3. The quantitative estimate of drug-likeness (QED) is 0.658. The highest BCUT2D eigenvalue weighted by molar-refractivity contribution is 5.74. The van der Waals surface area contributed by atoms with Crippen LogP contribution in [0, 0.1) is 5.92 Å². The Labute approximate surface area is 84.9 Å². The highest BCUT2D eigenvalue weighted by Gasteiger charge is 2.18. The van der Waals surface area contributed by atoms with E-state index >= 15 is 0 Å². The molecule has 0 amide bonds. The Hall–Kier alpha value is -1.05. The van der Waals surface area contributed by atoms with E-state index in [0.29, 0.717) is 6.04 Å². The molecule has 1 fully saturated rings. The van der Waals surface area contributed by atoms with E-state index in [0.717, 1.165) is 17.8 Å². The predicted molar refractivity (Wildman–Crippen MR) is 56.5 cm³/mol. The van der Waals surface area contributed by atoms with Crippen LogP contribution in [0.3, 0.4) is 0 Å². The summed E-state index contributed by atoms with van der Waals surface area (Å²) in [6.45, 7) is 2.32. The third-order valence-electron chi connectivity index (χ3n) is 3.28. The molecule has 1 aromatic heterocycles. The Morgan fingerprint density at radius 1 is 1.36 bits per heavy atom. The molecule has 0 saturated heterocycles. The first-order valence-electron chi connectivity index (χ1n) is 5.42. The molecule has 1 aliphatic rings. The van der Waals surface area contributed by atoms with Crippen molar-refractivity contribution in [3.63, 3.8) is 0 Å². The smallest absolute Gasteiger partial charge is 0.151 e. The molecule has 76 valence electrons. The largest absolute Gasteiger partial charge is 0.351 e. The lowest BCUT2D eigenvalue weighted by Crippen LogP contribution is -2.15. The monoisotopic (exact) mass is 191 g/mol. The third-order valence-corrected chi connectivity index (χ3v) is 3.28. The zero-order chi connectivity index (χ0) is 9.97. The zero-order valence-electron chi connectivity index (χ0n) is 8.65. The molecule has 1 saturated carbocycles. The van der Waals surface area contributed by atoms with Crippen molar-refractivity contribution in [1.29, 1.82) is 0 Å². The Bertz CT molecular complexity index is 308. The first-order chi connectivity index (χ1) is 6.79. The van der Waals surface area contributed by atoms with E-state index in [4.69, 9.17) is 0 Å². The molecule has 0 spiro atoms. The fraction of sp³-hybridized carbons (Fsp3) is 0.583. The van der Waals surface area contributed by atoms with Crippen molar-refractivity contribution in [1.82, 2.24) is 4.57 Å². The van der Waals surface area contributed by atoms with Crippen molar-refractivity contribution in [3.05, 3.63) is 24.0 Å². The molecule has 2 rings (SSSR count). The van der Waals surface area contributed by atoms with E-state index in [1.54, 1.807) is 0 Å². The average Bonchev–Trinajstić information content (AvgIpc) is 2.67. The highest BCUT2D eigenvalue weighted by atomic mass is 16.1. The molecule has 0 aliphatic heterocycles. The van der Waals surface area contributed by atoms with Crippen molar-refractivity contribution in [2.24, 2.45) is 5.92 Å². The molecule has 0 bridgehead atoms. The first-order valence-corrected chi connectivity index (χ1v) is 5.42. The van der Waals surface area contributed by atoms with Gasteiger partial charge in [-0.05, 0) is 37.7 Å². The lowest BCUT2D eigenvalue weighted by Gasteiger charge is -2.27. The van der Waals surface area contributed by atoms with Crippen molar-refractivity contribution < 1.29 is 4.79 Å². The summed E-state index contributed by atoms with van der Waals surface area (Å²) in [5.74, 6) is 0.882. The normalized spacial score (nSPS) is 27.5. The van der Waals surface area contributed by atoms with Crippen molar-refractivity contribution in [3.8, 4) is 0 Å². The number of carbonyl (C=O) groups excluding carboxylic acids is 1. The molecular weight excluding hydrogens is 174 g/mol. The summed E-state index contributed by atoms with van der Waals surface area (Å²) in [7, 11) is 0. The third kappa shape index (κ3) is 1.89. The fourth-order valence-electron chi connectivity index (χ4n) is 2.27. The number of hydrogen-bond acceptors (Lipinski definition) is 1. The maximum Gasteiger partial charge on any atom is 0.151 e. The lowest BCUT2D eigenvalue weighted by molar-refractivity contribution is 0.112. The fourth-order valence-corrected chi connectivity index (χ4v) is 2.27. The molecule has 0 unspecified atom stereocenters. The summed E-state index contributed by atoms with van der Waals surface area (Å²) in [5.41, 5.74) is 0.795. The van der Waals surface area contributed by atoms with Gasteiger partial charge in [-0.15, -0.1) is 0 Å². The summed E-state index contributed by atoms with van der Waals surface area (Å²) in [5, 5.41) is 0. The Balaban J connectivity index is 2.04. The van der Waals surface area contributed by atoms with Gasteiger partial charge in [-0.25, -0.2) is 0 Å². The number of nitrogens with zero attached hydrogens (tertiary/aromatic N) is 1. The molecular formula is C12H17NO. The Kier molecular flexibility index (Phi) is 2.71. The van der Waals surface area contributed by atoms with Crippen molar-refractivity contribution >= 4 is 6.29 Å².